The van der Waals surface area contributed by atoms with Gasteiger partial charge in [0.25, 0.3) is 0 Å². The van der Waals surface area contributed by atoms with Gasteiger partial charge in [0.2, 0.25) is 28.7 Å². The number of hydrogen-bond donors (Lipinski definition) is 4. The SMILES string of the molecule is COc1cc2c(Oc3ccc(NC(=O)C4(C(=O)Nc5ccc(F)cc5)CC4)cc3F)ccnc2cc1OCCCCCNC(=O)CSC(=O)[C@@H](Cc1cn(C)c2ccccc12)NC(C)=O. The molecule has 4 amide bonds. The topological polar surface area (TPSA) is 179 Å². The number of hydrogen-bond acceptors (Lipinski definition) is 10. The Kier molecular flexibility index (Phi) is 14.6. The molecule has 0 saturated heterocycles. The van der Waals surface area contributed by atoms with E-state index in [-0.39, 0.29) is 34.1 Å². The van der Waals surface area contributed by atoms with Gasteiger partial charge in [0.15, 0.2) is 23.1 Å². The zero-order valence-electron chi connectivity index (χ0n) is 36.0. The molecule has 338 valence electrons. The lowest BCUT2D eigenvalue weighted by molar-refractivity contribution is -0.131. The van der Waals surface area contributed by atoms with Gasteiger partial charge in [-0.15, -0.1) is 0 Å². The molecule has 2 aromatic heterocycles. The van der Waals surface area contributed by atoms with E-state index in [4.69, 9.17) is 14.2 Å². The van der Waals surface area contributed by atoms with E-state index < -0.39 is 34.9 Å². The highest BCUT2D eigenvalue weighted by Crippen LogP contribution is 2.48. The van der Waals surface area contributed by atoms with Gasteiger partial charge >= 0.3 is 0 Å². The summed E-state index contributed by atoms with van der Waals surface area (Å²) in [7, 11) is 3.42. The zero-order chi connectivity index (χ0) is 46.1. The van der Waals surface area contributed by atoms with Crippen LogP contribution in [-0.2, 0) is 37.4 Å². The minimum absolute atomic E-state index is 0.0668. The summed E-state index contributed by atoms with van der Waals surface area (Å²) in [6, 6.07) is 21.2. The van der Waals surface area contributed by atoms with Gasteiger partial charge in [-0.1, -0.05) is 30.0 Å². The normalized spacial score (nSPS) is 13.1. The molecular weight excluding hydrogens is 859 g/mol. The van der Waals surface area contributed by atoms with E-state index in [1.165, 1.54) is 56.6 Å². The Morgan fingerprint density at radius 1 is 0.831 bits per heavy atom. The fraction of sp³-hybridized carbons (Fsp3) is 0.292. The number of rotatable bonds is 20. The number of anilines is 2. The van der Waals surface area contributed by atoms with Crippen LogP contribution in [0, 0.1) is 17.0 Å². The fourth-order valence-corrected chi connectivity index (χ4v) is 8.05. The Hall–Kier alpha value is -7.01. The van der Waals surface area contributed by atoms with Gasteiger partial charge in [-0.3, -0.25) is 29.0 Å². The van der Waals surface area contributed by atoms with Crippen LogP contribution in [0.1, 0.15) is 44.6 Å². The van der Waals surface area contributed by atoms with Crippen LogP contribution in [-0.4, -0.2) is 70.4 Å². The number of amides is 4. The molecule has 4 aromatic carbocycles. The molecular formula is C48H48F2N6O8S. The summed E-state index contributed by atoms with van der Waals surface area (Å²) in [4.78, 5) is 68.2. The quantitative estimate of drug-likeness (QED) is 0.0436. The molecule has 1 fully saturated rings. The van der Waals surface area contributed by atoms with Gasteiger partial charge in [-0.05, 0) is 92.3 Å². The molecule has 0 bridgehead atoms. The summed E-state index contributed by atoms with van der Waals surface area (Å²) in [5, 5.41) is 12.1. The Balaban J connectivity index is 0.852. The van der Waals surface area contributed by atoms with E-state index in [0.717, 1.165) is 40.7 Å². The minimum Gasteiger partial charge on any atom is -0.493 e. The summed E-state index contributed by atoms with van der Waals surface area (Å²) < 4.78 is 48.3. The first-order valence-corrected chi connectivity index (χ1v) is 22.0. The Bertz CT molecular complexity index is 2740. The molecule has 0 unspecified atom stereocenters. The van der Waals surface area contributed by atoms with Crippen LogP contribution in [0.15, 0.2) is 97.3 Å². The van der Waals surface area contributed by atoms with Crippen molar-refractivity contribution in [2.24, 2.45) is 12.5 Å². The maximum Gasteiger partial charge on any atom is 0.240 e. The summed E-state index contributed by atoms with van der Waals surface area (Å²) in [5.41, 5.74) is 1.64. The van der Waals surface area contributed by atoms with E-state index in [1.54, 1.807) is 18.2 Å². The number of aryl methyl sites for hydroxylation is 1. The van der Waals surface area contributed by atoms with Gasteiger partial charge in [-0.25, -0.2) is 8.78 Å². The molecule has 0 aliphatic heterocycles. The van der Waals surface area contributed by atoms with Crippen molar-refractivity contribution in [3.8, 4) is 23.0 Å². The summed E-state index contributed by atoms with van der Waals surface area (Å²) >= 11 is 0.883. The van der Waals surface area contributed by atoms with Crippen LogP contribution < -0.4 is 35.5 Å². The number of thioether (sulfide) groups is 1. The largest absolute Gasteiger partial charge is 0.493 e. The third-order valence-corrected chi connectivity index (χ3v) is 11.9. The van der Waals surface area contributed by atoms with Crippen LogP contribution in [0.3, 0.4) is 0 Å². The number of halogens is 2. The number of aromatic nitrogens is 2. The van der Waals surface area contributed by atoms with E-state index in [1.807, 2.05) is 42.1 Å². The number of fused-ring (bicyclic) bond motifs is 2. The van der Waals surface area contributed by atoms with Crippen molar-refractivity contribution in [2.45, 2.75) is 51.5 Å². The molecule has 4 N–H and O–H groups in total. The summed E-state index contributed by atoms with van der Waals surface area (Å²) in [6.45, 7) is 2.14. The van der Waals surface area contributed by atoms with Crippen LogP contribution in [0.4, 0.5) is 20.2 Å². The molecule has 6 aromatic rings. The zero-order valence-corrected chi connectivity index (χ0v) is 36.8. The molecule has 0 radical (unpaired) electrons. The van der Waals surface area contributed by atoms with Gasteiger partial charge in [0.1, 0.15) is 23.0 Å². The molecule has 1 aliphatic carbocycles. The number of para-hydroxylation sites is 1. The molecule has 65 heavy (non-hydrogen) atoms. The maximum atomic E-state index is 15.4. The summed E-state index contributed by atoms with van der Waals surface area (Å²) in [5.74, 6) is -1.95. The standard InChI is InChI=1S/C48H48F2N6O8S/c1-29(57)53-38(23-30-27-56(2)39-10-6-5-9-34(30)39)45(59)65-28-44(58)52-20-7-4-8-22-63-43-26-37-35(25-42(43)62-3)40(17-21-51-37)64-41-16-15-33(24-36(41)50)55-47(61)48(18-19-48)46(60)54-32-13-11-31(49)12-14-32/h5-6,9-17,21,24-27,38H,4,7-8,18-20,22-23,28H2,1-3H3,(H,52,58)(H,53,57)(H,54,60)(H,55,61)/t38-/m1/s1. The average Bonchev–Trinajstić information content (AvgIpc) is 4.05. The fourth-order valence-electron chi connectivity index (χ4n) is 7.34. The van der Waals surface area contributed by atoms with Crippen LogP contribution in [0.5, 0.6) is 23.0 Å². The Morgan fingerprint density at radius 2 is 1.57 bits per heavy atom. The molecule has 2 heterocycles. The number of carbonyl (C=O) groups is 5. The van der Waals surface area contributed by atoms with Crippen molar-refractivity contribution in [2.75, 3.05) is 36.6 Å². The minimum atomic E-state index is -1.32. The van der Waals surface area contributed by atoms with Crippen molar-refractivity contribution in [1.29, 1.82) is 0 Å². The molecule has 14 nitrogen and oxygen atoms in total. The number of unbranched alkanes of at least 4 members (excludes halogenated alkanes) is 2. The second-order valence-corrected chi connectivity index (χ2v) is 16.7. The molecule has 1 saturated carbocycles. The van der Waals surface area contributed by atoms with E-state index in [9.17, 15) is 28.4 Å². The van der Waals surface area contributed by atoms with Crippen LogP contribution >= 0.6 is 11.8 Å². The third-order valence-electron chi connectivity index (χ3n) is 10.9. The van der Waals surface area contributed by atoms with E-state index in [2.05, 4.69) is 26.3 Å². The number of carbonyl (C=O) groups excluding carboxylic acids is 5. The van der Waals surface area contributed by atoms with Crippen molar-refractivity contribution in [3.63, 3.8) is 0 Å². The van der Waals surface area contributed by atoms with Gasteiger partial charge in [0, 0.05) is 79.1 Å². The van der Waals surface area contributed by atoms with Crippen molar-refractivity contribution >= 4 is 73.7 Å². The smallest absolute Gasteiger partial charge is 0.240 e. The van der Waals surface area contributed by atoms with E-state index in [0.29, 0.717) is 79.1 Å². The van der Waals surface area contributed by atoms with Gasteiger partial charge in [0.05, 0.1) is 25.0 Å². The predicted octanol–water partition coefficient (Wildman–Crippen LogP) is 7.84. The van der Waals surface area contributed by atoms with Crippen LogP contribution in [0.2, 0.25) is 0 Å². The first kappa shape index (κ1) is 46.0. The number of ether oxygens (including phenoxy) is 3. The Labute approximate surface area is 377 Å². The highest BCUT2D eigenvalue weighted by Gasteiger charge is 2.56. The van der Waals surface area contributed by atoms with Gasteiger partial charge in [-0.2, -0.15) is 0 Å². The predicted molar refractivity (Wildman–Crippen MR) is 244 cm³/mol. The lowest BCUT2D eigenvalue weighted by Crippen LogP contribution is -2.40. The molecule has 1 atom stereocenters. The molecule has 1 aliphatic rings. The third kappa shape index (κ3) is 11.4. The summed E-state index contributed by atoms with van der Waals surface area (Å²) in [6.07, 6.45) is 6.51. The molecule has 0 spiro atoms. The van der Waals surface area contributed by atoms with Gasteiger partial charge < -0.3 is 40.0 Å². The highest BCUT2D eigenvalue weighted by atomic mass is 32.2. The first-order chi connectivity index (χ1) is 31.3. The number of methoxy groups -OCH3 is 1. The number of benzene rings is 4. The average molecular weight is 907 g/mol. The number of nitrogens with one attached hydrogen (secondary N) is 4. The van der Waals surface area contributed by atoms with Crippen LogP contribution in [0.25, 0.3) is 21.8 Å². The highest BCUT2D eigenvalue weighted by molar-refractivity contribution is 8.14. The van der Waals surface area contributed by atoms with Crippen molar-refractivity contribution in [3.05, 3.63) is 115 Å². The van der Waals surface area contributed by atoms with E-state index >= 15 is 4.39 Å². The Morgan fingerprint density at radius 3 is 2.29 bits per heavy atom. The maximum absolute atomic E-state index is 15.4. The first-order valence-electron chi connectivity index (χ1n) is 21.0. The lowest BCUT2D eigenvalue weighted by Gasteiger charge is -2.16. The monoisotopic (exact) mass is 906 g/mol. The second-order valence-electron chi connectivity index (χ2n) is 15.7. The van der Waals surface area contributed by atoms with Crippen molar-refractivity contribution in [1.82, 2.24) is 20.2 Å². The second kappa shape index (κ2) is 20.7. The number of nitrogens with zero attached hydrogens (tertiary/aromatic N) is 2. The lowest BCUT2D eigenvalue weighted by atomic mass is 10.0. The van der Waals surface area contributed by atoms with Crippen molar-refractivity contribution < 1.29 is 47.0 Å². The molecule has 17 heteroatoms. The molecule has 7 rings (SSSR count). The number of pyridine rings is 1.